The molecule has 0 aliphatic carbocycles. The van der Waals surface area contributed by atoms with Crippen molar-refractivity contribution in [3.63, 3.8) is 0 Å². The Bertz CT molecular complexity index is 1660. The average Bonchev–Trinajstić information content (AvgIpc) is 3.39. The van der Waals surface area contributed by atoms with Crippen LogP contribution in [0.5, 0.6) is 0 Å². The van der Waals surface area contributed by atoms with Crippen LogP contribution in [0.25, 0.3) is 10.9 Å². The molecule has 0 radical (unpaired) electrons. The zero-order chi connectivity index (χ0) is 27.4. The third-order valence-electron chi connectivity index (χ3n) is 6.65. The van der Waals surface area contributed by atoms with E-state index in [1.165, 1.54) is 6.20 Å². The number of aliphatic imine (C=N–C) groups is 1. The highest BCUT2D eigenvalue weighted by atomic mass is 35.7. The second-order valence-electron chi connectivity index (χ2n) is 9.15. The molecule has 2 heterocycles. The smallest absolute Gasteiger partial charge is 0.116 e. The van der Waals surface area contributed by atoms with Crippen molar-refractivity contribution in [2.75, 3.05) is 0 Å². The number of hydrogen-bond donors (Lipinski definition) is 2. The first kappa shape index (κ1) is 27.0. The number of hydrogen-bond acceptors (Lipinski definition) is 6. The van der Waals surface area contributed by atoms with E-state index in [-0.39, 0.29) is 0 Å². The molecule has 4 N–H and O–H groups in total. The molecule has 0 fully saturated rings. The number of aryl methyl sites for hydroxylation is 1. The van der Waals surface area contributed by atoms with Crippen LogP contribution < -0.4 is 11.5 Å². The Labute approximate surface area is 240 Å². The highest BCUT2D eigenvalue weighted by molar-refractivity contribution is 8.21. The summed E-state index contributed by atoms with van der Waals surface area (Å²) < 4.78 is 1.94. The number of fused-ring (bicyclic) bond motifs is 1. The number of benzene rings is 3. The van der Waals surface area contributed by atoms with Gasteiger partial charge in [0, 0.05) is 41.1 Å². The van der Waals surface area contributed by atoms with Gasteiger partial charge >= 0.3 is 0 Å². The van der Waals surface area contributed by atoms with Crippen LogP contribution in [0.1, 0.15) is 27.9 Å². The summed E-state index contributed by atoms with van der Waals surface area (Å²) in [4.78, 5) is 13.5. The SMILES string of the molecule is Cn1cncc1C(N)(c1ccc(Cl)cc1)c1ccc2nc(SCl)c(Cc3ccc(N=CC=CN)cc3)cc2c1. The monoisotopic (exact) mass is 572 g/mol. The lowest BCUT2D eigenvalue weighted by Crippen LogP contribution is -2.40. The molecule has 3 aromatic carbocycles. The van der Waals surface area contributed by atoms with Gasteiger partial charge in [0.2, 0.25) is 0 Å². The van der Waals surface area contributed by atoms with E-state index in [0.29, 0.717) is 11.4 Å². The third kappa shape index (κ3) is 5.58. The van der Waals surface area contributed by atoms with Crippen LogP contribution in [0.4, 0.5) is 5.69 Å². The van der Waals surface area contributed by atoms with Crippen molar-refractivity contribution in [2.45, 2.75) is 17.0 Å². The van der Waals surface area contributed by atoms with E-state index >= 15 is 0 Å². The molecular formula is C30H26Cl2N6S. The topological polar surface area (TPSA) is 95.1 Å². The number of allylic oxidation sites excluding steroid dienone is 1. The number of imidazole rings is 1. The van der Waals surface area contributed by atoms with Gasteiger partial charge in [-0.25, -0.2) is 9.97 Å². The first-order valence-electron chi connectivity index (χ1n) is 12.2. The van der Waals surface area contributed by atoms with E-state index < -0.39 is 5.54 Å². The van der Waals surface area contributed by atoms with Gasteiger partial charge in [-0.1, -0.05) is 41.9 Å². The first-order valence-corrected chi connectivity index (χ1v) is 14.2. The zero-order valence-electron chi connectivity index (χ0n) is 21.1. The molecule has 1 atom stereocenters. The van der Waals surface area contributed by atoms with Gasteiger partial charge in [0.15, 0.2) is 0 Å². The number of halogens is 2. The maximum atomic E-state index is 7.25. The number of nitrogens with two attached hydrogens (primary N) is 2. The molecule has 0 spiro atoms. The van der Waals surface area contributed by atoms with Gasteiger partial charge < -0.3 is 16.0 Å². The predicted molar refractivity (Wildman–Crippen MR) is 163 cm³/mol. The summed E-state index contributed by atoms with van der Waals surface area (Å²) in [7, 11) is 9.32. The van der Waals surface area contributed by atoms with Gasteiger partial charge in [-0.2, -0.15) is 0 Å². The first-order chi connectivity index (χ1) is 18.9. The van der Waals surface area contributed by atoms with Gasteiger partial charge in [0.05, 0.1) is 29.4 Å². The maximum Gasteiger partial charge on any atom is 0.116 e. The Morgan fingerprint density at radius 3 is 2.44 bits per heavy atom. The Hall–Kier alpha value is -3.62. The van der Waals surface area contributed by atoms with Crippen molar-refractivity contribution in [1.82, 2.24) is 14.5 Å². The molecule has 6 nitrogen and oxygen atoms in total. The van der Waals surface area contributed by atoms with Crippen LogP contribution in [0, 0.1) is 0 Å². The largest absolute Gasteiger partial charge is 0.405 e. The van der Waals surface area contributed by atoms with E-state index in [1.807, 2.05) is 60.1 Å². The molecule has 0 saturated heterocycles. The van der Waals surface area contributed by atoms with Crippen LogP contribution in [-0.2, 0) is 19.0 Å². The minimum Gasteiger partial charge on any atom is -0.405 e. The molecule has 39 heavy (non-hydrogen) atoms. The minimum absolute atomic E-state index is 0.650. The summed E-state index contributed by atoms with van der Waals surface area (Å²) in [6.45, 7) is 0. The average molecular weight is 574 g/mol. The minimum atomic E-state index is -0.959. The Kier molecular flexibility index (Phi) is 8.04. The van der Waals surface area contributed by atoms with Crippen LogP contribution in [0.2, 0.25) is 5.02 Å². The lowest BCUT2D eigenvalue weighted by molar-refractivity contribution is 0.596. The highest BCUT2D eigenvalue weighted by Crippen LogP contribution is 2.37. The maximum absolute atomic E-state index is 7.25. The molecule has 5 rings (SSSR count). The van der Waals surface area contributed by atoms with Gasteiger partial charge in [-0.05, 0) is 87.7 Å². The molecule has 1 unspecified atom stereocenters. The summed E-state index contributed by atoms with van der Waals surface area (Å²) in [5.41, 5.74) is 18.2. The van der Waals surface area contributed by atoms with Crippen molar-refractivity contribution in [3.8, 4) is 0 Å². The number of nitrogens with zero attached hydrogens (tertiary/aromatic N) is 4. The van der Waals surface area contributed by atoms with Crippen LogP contribution in [-0.4, -0.2) is 20.7 Å². The fraction of sp³-hybridized carbons (Fsp3) is 0.100. The Balaban J connectivity index is 1.57. The zero-order valence-corrected chi connectivity index (χ0v) is 23.5. The fourth-order valence-corrected chi connectivity index (χ4v) is 5.54. The highest BCUT2D eigenvalue weighted by Gasteiger charge is 2.35. The van der Waals surface area contributed by atoms with E-state index in [2.05, 4.69) is 34.2 Å². The molecule has 5 aromatic rings. The summed E-state index contributed by atoms with van der Waals surface area (Å²) in [5.74, 6) is 0. The number of pyridine rings is 1. The molecule has 2 aromatic heterocycles. The summed E-state index contributed by atoms with van der Waals surface area (Å²) in [6.07, 6.45) is 9.02. The predicted octanol–water partition coefficient (Wildman–Crippen LogP) is 6.88. The second-order valence-corrected chi connectivity index (χ2v) is 10.6. The van der Waals surface area contributed by atoms with Crippen LogP contribution in [0.15, 0.2) is 108 Å². The Morgan fingerprint density at radius 1 is 1.03 bits per heavy atom. The van der Waals surface area contributed by atoms with Gasteiger partial charge in [0.1, 0.15) is 10.6 Å². The van der Waals surface area contributed by atoms with Crippen LogP contribution in [0.3, 0.4) is 0 Å². The third-order valence-corrected chi connectivity index (χ3v) is 7.84. The molecular weight excluding hydrogens is 547 g/mol. The van der Waals surface area contributed by atoms with Crippen LogP contribution >= 0.6 is 33.3 Å². The quantitative estimate of drug-likeness (QED) is 0.197. The fourth-order valence-electron chi connectivity index (χ4n) is 4.65. The van der Waals surface area contributed by atoms with E-state index in [1.54, 1.807) is 24.8 Å². The van der Waals surface area contributed by atoms with Crippen molar-refractivity contribution in [1.29, 1.82) is 0 Å². The van der Waals surface area contributed by atoms with Crippen molar-refractivity contribution in [2.24, 2.45) is 23.5 Å². The Morgan fingerprint density at radius 2 is 1.77 bits per heavy atom. The molecule has 0 aliphatic heterocycles. The molecule has 9 heteroatoms. The van der Waals surface area contributed by atoms with E-state index in [4.69, 9.17) is 38.7 Å². The summed E-state index contributed by atoms with van der Waals surface area (Å²) >= 11 is 6.20. The van der Waals surface area contributed by atoms with E-state index in [0.717, 1.165) is 60.5 Å². The second kappa shape index (κ2) is 11.6. The molecule has 0 bridgehead atoms. The lowest BCUT2D eigenvalue weighted by Gasteiger charge is -2.31. The standard InChI is InChI=1S/C30H26Cl2N6S/c1-38-19-35-18-28(38)30(34,23-5-8-25(31)9-6-23)24-7-12-27-21(17-24)16-22(29(37-27)39-32)15-20-3-10-26(11-4-20)36-14-2-13-33/h2-14,16-19H,15,33-34H2,1H3. The van der Waals surface area contributed by atoms with Gasteiger partial charge in [-0.3, -0.25) is 4.99 Å². The summed E-state index contributed by atoms with van der Waals surface area (Å²) in [6, 6.07) is 23.9. The number of rotatable bonds is 8. The molecule has 0 aliphatic rings. The van der Waals surface area contributed by atoms with Gasteiger partial charge in [-0.15, -0.1) is 0 Å². The lowest BCUT2D eigenvalue weighted by atomic mass is 9.80. The van der Waals surface area contributed by atoms with Crippen molar-refractivity contribution < 1.29 is 0 Å². The van der Waals surface area contributed by atoms with E-state index in [9.17, 15) is 0 Å². The molecule has 196 valence electrons. The molecule has 0 amide bonds. The normalized spacial score (nSPS) is 13.4. The van der Waals surface area contributed by atoms with Gasteiger partial charge in [0.25, 0.3) is 0 Å². The molecule has 0 saturated carbocycles. The van der Waals surface area contributed by atoms with Crippen molar-refractivity contribution in [3.05, 3.63) is 131 Å². The van der Waals surface area contributed by atoms with Crippen molar-refractivity contribution >= 4 is 56.1 Å². The summed E-state index contributed by atoms with van der Waals surface area (Å²) in [5, 5.41) is 2.39. The number of aromatic nitrogens is 3.